The van der Waals surface area contributed by atoms with Crippen molar-refractivity contribution in [3.05, 3.63) is 76.6 Å². The number of hydrogen-bond donors (Lipinski definition) is 1. The zero-order valence-corrected chi connectivity index (χ0v) is 11.6. The second kappa shape index (κ2) is 4.61. The molecule has 0 saturated heterocycles. The van der Waals surface area contributed by atoms with Crippen molar-refractivity contribution in [2.45, 2.75) is 0 Å². The van der Waals surface area contributed by atoms with Crippen LogP contribution in [0.15, 0.2) is 65.5 Å². The molecule has 22 heavy (non-hydrogen) atoms. The molecule has 4 heteroatoms. The number of benzene rings is 2. The molecule has 2 heterocycles. The van der Waals surface area contributed by atoms with Gasteiger partial charge in [0.05, 0.1) is 16.6 Å². The average Bonchev–Trinajstić information content (AvgIpc) is 2.96. The number of fused-ring (bicyclic) bond motifs is 3. The lowest BCUT2D eigenvalue weighted by Gasteiger charge is -2.04. The first-order valence-corrected chi connectivity index (χ1v) is 6.91. The summed E-state index contributed by atoms with van der Waals surface area (Å²) in [5, 5.41) is 9.44. The maximum atomic E-state index is 12.9. The normalized spacial score (nSPS) is 10.9. The number of aromatic nitrogens is 2. The number of nitrogens with one attached hydrogen (secondary N) is 1. The Labute approximate surface area is 125 Å². The number of imidazole rings is 1. The molecular formula is C18H11N3O. The Hall–Kier alpha value is -3.32. The Bertz CT molecular complexity index is 1100. The summed E-state index contributed by atoms with van der Waals surface area (Å²) in [6.07, 6.45) is 0. The smallest absolute Gasteiger partial charge is 0.264 e. The van der Waals surface area contributed by atoms with Crippen LogP contribution in [0.5, 0.6) is 0 Å². The van der Waals surface area contributed by atoms with Gasteiger partial charge in [-0.25, -0.2) is 0 Å². The van der Waals surface area contributed by atoms with Gasteiger partial charge in [-0.15, -0.1) is 0 Å². The minimum Gasteiger partial charge on any atom is -0.338 e. The maximum absolute atomic E-state index is 12.9. The van der Waals surface area contributed by atoms with Crippen LogP contribution in [0.25, 0.3) is 27.8 Å². The molecule has 0 radical (unpaired) electrons. The van der Waals surface area contributed by atoms with Gasteiger partial charge in [-0.3, -0.25) is 9.20 Å². The molecule has 4 rings (SSSR count). The summed E-state index contributed by atoms with van der Waals surface area (Å²) >= 11 is 0. The summed E-state index contributed by atoms with van der Waals surface area (Å²) < 4.78 is 1.58. The van der Waals surface area contributed by atoms with Crippen molar-refractivity contribution in [1.82, 2.24) is 9.38 Å². The van der Waals surface area contributed by atoms with Crippen LogP contribution in [0.2, 0.25) is 0 Å². The van der Waals surface area contributed by atoms with Gasteiger partial charge in [0.25, 0.3) is 5.56 Å². The van der Waals surface area contributed by atoms with E-state index in [2.05, 4.69) is 11.1 Å². The van der Waals surface area contributed by atoms with Crippen LogP contribution >= 0.6 is 0 Å². The first-order chi connectivity index (χ1) is 10.8. The van der Waals surface area contributed by atoms with E-state index in [1.807, 2.05) is 54.6 Å². The molecule has 0 aliphatic rings. The monoisotopic (exact) mass is 285 g/mol. The molecular weight excluding hydrogens is 274 g/mol. The van der Waals surface area contributed by atoms with E-state index in [0.717, 1.165) is 16.6 Å². The fourth-order valence-corrected chi connectivity index (χ4v) is 2.78. The summed E-state index contributed by atoms with van der Waals surface area (Å²) in [7, 11) is 0. The second-order valence-corrected chi connectivity index (χ2v) is 5.08. The molecule has 0 bridgehead atoms. The number of nitriles is 1. The van der Waals surface area contributed by atoms with Crippen LogP contribution in [-0.4, -0.2) is 9.38 Å². The molecule has 0 aliphatic carbocycles. The Balaban J connectivity index is 2.22. The minimum atomic E-state index is -0.127. The molecule has 0 fully saturated rings. The van der Waals surface area contributed by atoms with Gasteiger partial charge in [0.1, 0.15) is 11.7 Å². The molecule has 4 nitrogen and oxygen atoms in total. The van der Waals surface area contributed by atoms with Crippen molar-refractivity contribution in [3.8, 4) is 17.2 Å². The van der Waals surface area contributed by atoms with Crippen molar-refractivity contribution in [2.75, 3.05) is 0 Å². The van der Waals surface area contributed by atoms with Crippen LogP contribution < -0.4 is 5.56 Å². The number of rotatable bonds is 1. The largest absolute Gasteiger partial charge is 0.338 e. The van der Waals surface area contributed by atoms with Gasteiger partial charge in [0.2, 0.25) is 0 Å². The van der Waals surface area contributed by atoms with E-state index >= 15 is 0 Å². The van der Waals surface area contributed by atoms with Crippen LogP contribution in [0.3, 0.4) is 0 Å². The SMILES string of the molecule is N#Cc1cc(-c2ccccc2)c(=O)n2c1[nH]c1ccccc12. The van der Waals surface area contributed by atoms with Crippen molar-refractivity contribution < 1.29 is 0 Å². The number of pyridine rings is 1. The molecule has 104 valence electrons. The third-order valence-corrected chi connectivity index (χ3v) is 3.80. The molecule has 0 spiro atoms. The minimum absolute atomic E-state index is 0.127. The highest BCUT2D eigenvalue weighted by Crippen LogP contribution is 2.22. The molecule has 0 saturated carbocycles. The van der Waals surface area contributed by atoms with Crippen molar-refractivity contribution in [2.24, 2.45) is 0 Å². The third kappa shape index (κ3) is 1.66. The molecule has 2 aromatic heterocycles. The highest BCUT2D eigenvalue weighted by Gasteiger charge is 2.14. The van der Waals surface area contributed by atoms with Crippen LogP contribution in [0.1, 0.15) is 5.56 Å². The van der Waals surface area contributed by atoms with Gasteiger partial charge < -0.3 is 4.98 Å². The standard InChI is InChI=1S/C18H11N3O/c19-11-13-10-14(12-6-2-1-3-7-12)18(22)21-16-9-5-4-8-15(16)20-17(13)21/h1-10,20H. The first kappa shape index (κ1) is 12.4. The van der Waals surface area contributed by atoms with Gasteiger partial charge in [0.15, 0.2) is 0 Å². The first-order valence-electron chi connectivity index (χ1n) is 6.91. The zero-order chi connectivity index (χ0) is 15.1. The fraction of sp³-hybridized carbons (Fsp3) is 0. The molecule has 0 aliphatic heterocycles. The van der Waals surface area contributed by atoms with E-state index in [0.29, 0.717) is 16.8 Å². The van der Waals surface area contributed by atoms with E-state index in [-0.39, 0.29) is 5.56 Å². The van der Waals surface area contributed by atoms with E-state index in [9.17, 15) is 10.1 Å². The second-order valence-electron chi connectivity index (χ2n) is 5.08. The quantitative estimate of drug-likeness (QED) is 0.583. The lowest BCUT2D eigenvalue weighted by molar-refractivity contribution is 1.15. The fourth-order valence-electron chi connectivity index (χ4n) is 2.78. The molecule has 0 amide bonds. The van der Waals surface area contributed by atoms with Crippen molar-refractivity contribution in [3.63, 3.8) is 0 Å². The van der Waals surface area contributed by atoms with Gasteiger partial charge in [-0.2, -0.15) is 5.26 Å². The predicted molar refractivity (Wildman–Crippen MR) is 85.7 cm³/mol. The number of aromatic amines is 1. The Morgan fingerprint density at radius 2 is 1.73 bits per heavy atom. The summed E-state index contributed by atoms with van der Waals surface area (Å²) in [5.74, 6) is 0. The molecule has 0 atom stereocenters. The maximum Gasteiger partial charge on any atom is 0.264 e. The van der Waals surface area contributed by atoms with Crippen LogP contribution in [0.4, 0.5) is 0 Å². The van der Waals surface area contributed by atoms with Gasteiger partial charge in [-0.1, -0.05) is 42.5 Å². The lowest BCUT2D eigenvalue weighted by atomic mass is 10.1. The van der Waals surface area contributed by atoms with E-state index in [1.165, 1.54) is 0 Å². The average molecular weight is 285 g/mol. The van der Waals surface area contributed by atoms with Crippen LogP contribution in [-0.2, 0) is 0 Å². The number of hydrogen-bond acceptors (Lipinski definition) is 2. The zero-order valence-electron chi connectivity index (χ0n) is 11.6. The van der Waals surface area contributed by atoms with Gasteiger partial charge in [-0.05, 0) is 23.8 Å². The van der Waals surface area contributed by atoms with Gasteiger partial charge >= 0.3 is 0 Å². The molecule has 1 N–H and O–H groups in total. The number of nitrogens with zero attached hydrogens (tertiary/aromatic N) is 2. The van der Waals surface area contributed by atoms with Crippen molar-refractivity contribution in [1.29, 1.82) is 5.26 Å². The molecule has 4 aromatic rings. The topological polar surface area (TPSA) is 61.1 Å². The molecule has 0 unspecified atom stereocenters. The highest BCUT2D eigenvalue weighted by atomic mass is 16.1. The summed E-state index contributed by atoms with van der Waals surface area (Å²) in [6, 6.07) is 20.8. The Morgan fingerprint density at radius 3 is 2.50 bits per heavy atom. The van der Waals surface area contributed by atoms with Crippen LogP contribution in [0, 0.1) is 11.3 Å². The lowest BCUT2D eigenvalue weighted by Crippen LogP contribution is -2.15. The summed E-state index contributed by atoms with van der Waals surface area (Å²) in [5.41, 5.74) is 3.81. The van der Waals surface area contributed by atoms with E-state index < -0.39 is 0 Å². The highest BCUT2D eigenvalue weighted by molar-refractivity contribution is 5.83. The Morgan fingerprint density at radius 1 is 1.00 bits per heavy atom. The Kier molecular flexibility index (Phi) is 2.60. The summed E-state index contributed by atoms with van der Waals surface area (Å²) in [6.45, 7) is 0. The van der Waals surface area contributed by atoms with Crippen molar-refractivity contribution >= 4 is 16.7 Å². The summed E-state index contributed by atoms with van der Waals surface area (Å²) in [4.78, 5) is 16.1. The van der Waals surface area contributed by atoms with Gasteiger partial charge in [0, 0.05) is 5.56 Å². The predicted octanol–water partition coefficient (Wildman–Crippen LogP) is 3.32. The van der Waals surface area contributed by atoms with E-state index in [4.69, 9.17) is 0 Å². The number of H-pyrrole nitrogens is 1. The molecule has 2 aromatic carbocycles. The third-order valence-electron chi connectivity index (χ3n) is 3.80. The van der Waals surface area contributed by atoms with E-state index in [1.54, 1.807) is 10.5 Å². The number of para-hydroxylation sites is 2.